The van der Waals surface area contributed by atoms with E-state index >= 15 is 0 Å². The van der Waals surface area contributed by atoms with Crippen molar-refractivity contribution in [3.8, 4) is 6.07 Å². The predicted molar refractivity (Wildman–Crippen MR) is 178 cm³/mol. The number of ether oxygens (including phenoxy) is 2. The van der Waals surface area contributed by atoms with E-state index in [2.05, 4.69) is 25.6 Å². The molecule has 0 saturated carbocycles. The predicted octanol–water partition coefficient (Wildman–Crippen LogP) is 6.64. The number of carbonyl (C=O) groups excluding carboxylic acids is 3. The topological polar surface area (TPSA) is 159 Å². The monoisotopic (exact) mass is 673 g/mol. The summed E-state index contributed by atoms with van der Waals surface area (Å²) >= 11 is 0. The molecule has 0 aliphatic carbocycles. The number of alkyl halides is 2. The largest absolute Gasteiger partial charge is 0.443 e. The summed E-state index contributed by atoms with van der Waals surface area (Å²) in [5.74, 6) is -3.74. The van der Waals surface area contributed by atoms with Crippen molar-refractivity contribution in [2.24, 2.45) is 0 Å². The highest BCUT2D eigenvalue weighted by Gasteiger charge is 2.35. The zero-order valence-electron chi connectivity index (χ0n) is 28.0. The molecule has 14 heteroatoms. The van der Waals surface area contributed by atoms with Gasteiger partial charge in [-0.1, -0.05) is 18.2 Å². The molecule has 4 rings (SSSR count). The minimum absolute atomic E-state index is 0.0185. The highest BCUT2D eigenvalue weighted by molar-refractivity contribution is 6.13. The molecule has 1 aromatic carbocycles. The van der Waals surface area contributed by atoms with Crippen LogP contribution in [0.3, 0.4) is 0 Å². The van der Waals surface area contributed by atoms with E-state index in [4.69, 9.17) is 9.47 Å². The number of amides is 3. The average molecular weight is 674 g/mol. The third-order valence-corrected chi connectivity index (χ3v) is 6.62. The van der Waals surface area contributed by atoms with Crippen LogP contribution in [0, 0.1) is 11.3 Å². The van der Waals surface area contributed by atoms with Crippen LogP contribution < -0.4 is 15.5 Å². The van der Waals surface area contributed by atoms with Crippen LogP contribution in [0.2, 0.25) is 0 Å². The van der Waals surface area contributed by atoms with E-state index in [0.717, 1.165) is 4.90 Å². The number of halogens is 2. The van der Waals surface area contributed by atoms with Gasteiger partial charge in [0.15, 0.2) is 5.82 Å². The maximum atomic E-state index is 14.6. The van der Waals surface area contributed by atoms with E-state index in [1.165, 1.54) is 42.7 Å². The molecular weight excluding hydrogens is 636 g/mol. The van der Waals surface area contributed by atoms with Crippen LogP contribution in [0.25, 0.3) is 10.8 Å². The molecule has 0 radical (unpaired) electrons. The normalized spacial score (nSPS) is 11.7. The molecule has 0 fully saturated rings. The summed E-state index contributed by atoms with van der Waals surface area (Å²) in [6, 6.07) is 15.8. The lowest BCUT2D eigenvalue weighted by Gasteiger charge is -2.28. The van der Waals surface area contributed by atoms with Crippen LogP contribution in [0.5, 0.6) is 0 Å². The van der Waals surface area contributed by atoms with Crippen molar-refractivity contribution in [2.75, 3.05) is 16.8 Å². The van der Waals surface area contributed by atoms with Crippen LogP contribution in [-0.4, -0.2) is 50.8 Å². The Balaban J connectivity index is 1.52. The Hall–Kier alpha value is -5.71. The molecule has 4 aromatic rings. The molecule has 0 bridgehead atoms. The highest BCUT2D eigenvalue weighted by atomic mass is 19.3. The molecule has 0 atom stereocenters. The standard InChI is InChI=1S/C35H37F2N7O5/c1-33(2,3)48-31(46)44(32(47)49-34(4,5)6)30-25-17-22(10-11-23(25)14-16-40-30)20-41-29(45)18-26-24(19-38)12-13-28(43-26)42-21-35(36,37)27-9-7-8-15-39-27/h7-17H,18,20-21H2,1-6H3,(H,41,45)(H,42,43). The summed E-state index contributed by atoms with van der Waals surface area (Å²) in [6.07, 6.45) is 0.470. The summed E-state index contributed by atoms with van der Waals surface area (Å²) in [4.78, 5) is 52.5. The molecule has 0 aliphatic heterocycles. The van der Waals surface area contributed by atoms with Gasteiger partial charge in [-0.25, -0.2) is 19.6 Å². The van der Waals surface area contributed by atoms with Crippen molar-refractivity contribution in [1.82, 2.24) is 20.3 Å². The summed E-state index contributed by atoms with van der Waals surface area (Å²) in [7, 11) is 0. The van der Waals surface area contributed by atoms with Gasteiger partial charge in [-0.3, -0.25) is 9.78 Å². The molecule has 0 saturated heterocycles. The van der Waals surface area contributed by atoms with Crippen molar-refractivity contribution in [3.63, 3.8) is 0 Å². The number of hydrogen-bond donors (Lipinski definition) is 2. The van der Waals surface area contributed by atoms with Gasteiger partial charge >= 0.3 is 18.1 Å². The fourth-order valence-electron chi connectivity index (χ4n) is 4.47. The molecule has 0 aliphatic rings. The first-order valence-electron chi connectivity index (χ1n) is 15.3. The SMILES string of the molecule is CC(C)(C)OC(=O)N(C(=O)OC(C)(C)C)c1nccc2ccc(CNC(=O)Cc3nc(NCC(F)(F)c4ccccn4)ccc3C#N)cc12. The van der Waals surface area contributed by atoms with Gasteiger partial charge in [-0.2, -0.15) is 18.9 Å². The van der Waals surface area contributed by atoms with Gasteiger partial charge in [0.2, 0.25) is 5.91 Å². The summed E-state index contributed by atoms with van der Waals surface area (Å²) in [6.45, 7) is 9.22. The number of aromatic nitrogens is 3. The van der Waals surface area contributed by atoms with Crippen molar-refractivity contribution >= 4 is 40.5 Å². The Bertz CT molecular complexity index is 1860. The number of nitrogens with zero attached hydrogens (tertiary/aromatic N) is 5. The quantitative estimate of drug-likeness (QED) is 0.197. The Morgan fingerprint density at radius 3 is 2.20 bits per heavy atom. The second-order valence-electron chi connectivity index (χ2n) is 13.0. The van der Waals surface area contributed by atoms with Crippen LogP contribution >= 0.6 is 0 Å². The zero-order chi connectivity index (χ0) is 36.0. The van der Waals surface area contributed by atoms with E-state index in [1.807, 2.05) is 6.07 Å². The number of pyridine rings is 3. The molecule has 0 unspecified atom stereocenters. The van der Waals surface area contributed by atoms with Crippen LogP contribution in [0.15, 0.2) is 67.0 Å². The summed E-state index contributed by atoms with van der Waals surface area (Å²) < 4.78 is 40.2. The Kier molecular flexibility index (Phi) is 10.8. The van der Waals surface area contributed by atoms with E-state index in [1.54, 1.807) is 65.8 Å². The van der Waals surface area contributed by atoms with E-state index < -0.39 is 47.5 Å². The molecule has 3 amide bonds. The maximum Gasteiger partial charge on any atom is 0.425 e. The van der Waals surface area contributed by atoms with Gasteiger partial charge in [-0.15, -0.1) is 0 Å². The van der Waals surface area contributed by atoms with E-state index in [0.29, 0.717) is 16.3 Å². The Labute approximate surface area is 282 Å². The van der Waals surface area contributed by atoms with Crippen molar-refractivity contribution in [1.29, 1.82) is 5.26 Å². The van der Waals surface area contributed by atoms with Crippen LogP contribution in [0.4, 0.5) is 30.0 Å². The van der Waals surface area contributed by atoms with Gasteiger partial charge in [0.25, 0.3) is 0 Å². The van der Waals surface area contributed by atoms with Crippen molar-refractivity contribution < 1.29 is 32.6 Å². The van der Waals surface area contributed by atoms with Crippen molar-refractivity contribution in [3.05, 3.63) is 89.5 Å². The fourth-order valence-corrected chi connectivity index (χ4v) is 4.47. The smallest absolute Gasteiger partial charge is 0.425 e. The number of anilines is 2. The molecule has 256 valence electrons. The molecule has 12 nitrogen and oxygen atoms in total. The summed E-state index contributed by atoms with van der Waals surface area (Å²) in [5, 5.41) is 16.0. The van der Waals surface area contributed by atoms with Crippen LogP contribution in [-0.2, 0) is 33.2 Å². The van der Waals surface area contributed by atoms with Gasteiger partial charge in [0, 0.05) is 24.3 Å². The van der Waals surface area contributed by atoms with E-state index in [9.17, 15) is 28.4 Å². The average Bonchev–Trinajstić information content (AvgIpc) is 3.02. The second-order valence-corrected chi connectivity index (χ2v) is 13.0. The number of nitriles is 1. The molecule has 3 heterocycles. The maximum absolute atomic E-state index is 14.6. The molecule has 2 N–H and O–H groups in total. The lowest BCUT2D eigenvalue weighted by molar-refractivity contribution is -0.120. The minimum Gasteiger partial charge on any atom is -0.443 e. The van der Waals surface area contributed by atoms with Gasteiger partial charge in [0.1, 0.15) is 28.8 Å². The number of benzene rings is 1. The lowest BCUT2D eigenvalue weighted by Crippen LogP contribution is -2.44. The fraction of sp³-hybridized carbons (Fsp3) is 0.343. The van der Waals surface area contributed by atoms with Gasteiger partial charge in [0.05, 0.1) is 24.2 Å². The first-order chi connectivity index (χ1) is 23.0. The number of nitrogens with one attached hydrogen (secondary N) is 2. The zero-order valence-corrected chi connectivity index (χ0v) is 28.0. The van der Waals surface area contributed by atoms with E-state index in [-0.39, 0.29) is 35.9 Å². The second kappa shape index (κ2) is 14.6. The Morgan fingerprint density at radius 2 is 1.59 bits per heavy atom. The van der Waals surface area contributed by atoms with Crippen molar-refractivity contribution in [2.45, 2.75) is 71.6 Å². The molecule has 3 aromatic heterocycles. The van der Waals surface area contributed by atoms with Crippen LogP contribution in [0.1, 0.15) is 64.1 Å². The number of rotatable bonds is 9. The lowest BCUT2D eigenvalue weighted by atomic mass is 10.1. The molecule has 49 heavy (non-hydrogen) atoms. The first-order valence-corrected chi connectivity index (χ1v) is 15.3. The Morgan fingerprint density at radius 1 is 0.898 bits per heavy atom. The third kappa shape index (κ3) is 9.90. The number of hydrogen-bond acceptors (Lipinski definition) is 10. The molecule has 0 spiro atoms. The van der Waals surface area contributed by atoms with Gasteiger partial charge in [-0.05, 0) is 88.9 Å². The number of imide groups is 1. The number of fused-ring (bicyclic) bond motifs is 1. The number of carbonyl (C=O) groups is 3. The van der Waals surface area contributed by atoms with Gasteiger partial charge < -0.3 is 20.1 Å². The third-order valence-electron chi connectivity index (χ3n) is 6.62. The first kappa shape index (κ1) is 36.1. The summed E-state index contributed by atoms with van der Waals surface area (Å²) in [5.41, 5.74) is -1.43. The minimum atomic E-state index is -3.29. The molecular formula is C35H37F2N7O5. The highest BCUT2D eigenvalue weighted by Crippen LogP contribution is 2.29.